The Morgan fingerprint density at radius 3 is 2.27 bits per heavy atom. The van der Waals surface area contributed by atoms with E-state index in [-0.39, 0.29) is 0 Å². The fourth-order valence-electron chi connectivity index (χ4n) is 0.906. The van der Waals surface area contributed by atoms with E-state index in [0.717, 1.165) is 0 Å². The molecule has 1 N–H and O–H groups in total. The lowest BCUT2D eigenvalue weighted by Crippen LogP contribution is -2.44. The summed E-state index contributed by atoms with van der Waals surface area (Å²) in [7, 11) is 0. The quantitative estimate of drug-likeness (QED) is 0.571. The van der Waals surface area contributed by atoms with Crippen LogP contribution in [0.2, 0.25) is 0 Å². The Kier molecular flexibility index (Phi) is 3.31. The standard InChI is InChI=1S/C11H15NO3/c1-11(2,3)12(14)10(13)15-9-7-5-4-6-8-9/h4-8,14H,1-3H3. The first-order valence-electron chi connectivity index (χ1n) is 4.67. The van der Waals surface area contributed by atoms with E-state index in [1.165, 1.54) is 0 Å². The maximum absolute atomic E-state index is 11.4. The van der Waals surface area contributed by atoms with Crippen molar-refractivity contribution in [1.29, 1.82) is 0 Å². The first kappa shape index (κ1) is 11.5. The van der Waals surface area contributed by atoms with Crippen molar-refractivity contribution in [3.05, 3.63) is 30.3 Å². The number of carbonyl (C=O) groups is 1. The van der Waals surface area contributed by atoms with Crippen molar-refractivity contribution >= 4 is 6.09 Å². The molecule has 0 spiro atoms. The Hall–Kier alpha value is -1.55. The molecule has 0 unspecified atom stereocenters. The van der Waals surface area contributed by atoms with E-state index in [1.54, 1.807) is 45.0 Å². The molecule has 4 nitrogen and oxygen atoms in total. The molecule has 0 aliphatic heterocycles. The van der Waals surface area contributed by atoms with Gasteiger partial charge in [0.25, 0.3) is 0 Å². The zero-order valence-electron chi connectivity index (χ0n) is 9.10. The Morgan fingerprint density at radius 2 is 1.80 bits per heavy atom. The van der Waals surface area contributed by atoms with Crippen molar-refractivity contribution in [2.24, 2.45) is 0 Å². The summed E-state index contributed by atoms with van der Waals surface area (Å²) in [5.41, 5.74) is -0.675. The number of hydrogen-bond donors (Lipinski definition) is 1. The van der Waals surface area contributed by atoms with Gasteiger partial charge >= 0.3 is 6.09 Å². The van der Waals surface area contributed by atoms with Gasteiger partial charge in [-0.2, -0.15) is 5.06 Å². The number of ether oxygens (including phenoxy) is 1. The zero-order chi connectivity index (χ0) is 11.5. The second-order valence-electron chi connectivity index (χ2n) is 4.16. The minimum atomic E-state index is -0.784. The van der Waals surface area contributed by atoms with Gasteiger partial charge in [-0.15, -0.1) is 0 Å². The molecule has 0 radical (unpaired) electrons. The van der Waals surface area contributed by atoms with Crippen LogP contribution in [-0.2, 0) is 0 Å². The number of hydrogen-bond acceptors (Lipinski definition) is 3. The van der Waals surface area contributed by atoms with Gasteiger partial charge in [0.1, 0.15) is 5.75 Å². The molecule has 0 atom stereocenters. The van der Waals surface area contributed by atoms with E-state index in [4.69, 9.17) is 4.74 Å². The number of para-hydroxylation sites is 1. The number of nitrogens with zero attached hydrogens (tertiary/aromatic N) is 1. The molecule has 0 aromatic heterocycles. The summed E-state index contributed by atoms with van der Waals surface area (Å²) in [6, 6.07) is 8.61. The topological polar surface area (TPSA) is 49.8 Å². The summed E-state index contributed by atoms with van der Waals surface area (Å²) >= 11 is 0. The van der Waals surface area contributed by atoms with Gasteiger partial charge in [0.15, 0.2) is 0 Å². The van der Waals surface area contributed by atoms with E-state index in [1.807, 2.05) is 6.07 Å². The van der Waals surface area contributed by atoms with E-state index >= 15 is 0 Å². The molecular formula is C11H15NO3. The van der Waals surface area contributed by atoms with Gasteiger partial charge in [-0.05, 0) is 32.9 Å². The third kappa shape index (κ3) is 3.25. The zero-order valence-corrected chi connectivity index (χ0v) is 9.10. The highest BCUT2D eigenvalue weighted by molar-refractivity contribution is 5.70. The third-order valence-electron chi connectivity index (χ3n) is 1.76. The maximum atomic E-state index is 11.4. The number of benzene rings is 1. The lowest BCUT2D eigenvalue weighted by molar-refractivity contribution is -0.120. The monoisotopic (exact) mass is 209 g/mol. The van der Waals surface area contributed by atoms with Crippen LogP contribution in [0.15, 0.2) is 30.3 Å². The molecule has 0 bridgehead atoms. The predicted octanol–water partition coefficient (Wildman–Crippen LogP) is 2.68. The summed E-state index contributed by atoms with van der Waals surface area (Å²) < 4.78 is 4.94. The first-order chi connectivity index (χ1) is 6.91. The summed E-state index contributed by atoms with van der Waals surface area (Å²) in [5, 5.41) is 10.0. The van der Waals surface area contributed by atoms with Crippen molar-refractivity contribution in [3.63, 3.8) is 0 Å². The molecule has 1 aromatic rings. The molecule has 0 aliphatic rings. The van der Waals surface area contributed by atoms with Gasteiger partial charge in [-0.3, -0.25) is 5.21 Å². The summed E-state index contributed by atoms with van der Waals surface area (Å²) in [5.74, 6) is 0.408. The number of hydroxylamine groups is 2. The van der Waals surface area contributed by atoms with Crippen molar-refractivity contribution in [3.8, 4) is 5.75 Å². The van der Waals surface area contributed by atoms with Gasteiger partial charge in [-0.25, -0.2) is 4.79 Å². The molecule has 1 amide bonds. The smallest absolute Gasteiger partial charge is 0.409 e. The Balaban J connectivity index is 2.65. The van der Waals surface area contributed by atoms with E-state index < -0.39 is 11.6 Å². The second kappa shape index (κ2) is 4.31. The van der Waals surface area contributed by atoms with Crippen LogP contribution in [-0.4, -0.2) is 21.9 Å². The minimum absolute atomic E-state index is 0.408. The normalized spacial score (nSPS) is 10.9. The SMILES string of the molecule is CC(C)(C)N(O)C(=O)Oc1ccccc1. The lowest BCUT2D eigenvalue weighted by Gasteiger charge is -2.28. The molecule has 0 saturated heterocycles. The van der Waals surface area contributed by atoms with Gasteiger partial charge < -0.3 is 4.74 Å². The number of amides is 1. The van der Waals surface area contributed by atoms with Gasteiger partial charge in [-0.1, -0.05) is 18.2 Å². The molecule has 0 fully saturated rings. The van der Waals surface area contributed by atoms with E-state index in [0.29, 0.717) is 10.8 Å². The van der Waals surface area contributed by atoms with E-state index in [9.17, 15) is 10.0 Å². The van der Waals surface area contributed by atoms with Crippen LogP contribution in [0.3, 0.4) is 0 Å². The lowest BCUT2D eigenvalue weighted by atomic mass is 10.1. The van der Waals surface area contributed by atoms with Crippen molar-refractivity contribution in [2.45, 2.75) is 26.3 Å². The molecule has 0 saturated carbocycles. The molecular weight excluding hydrogens is 194 g/mol. The summed E-state index contributed by atoms with van der Waals surface area (Å²) in [6.45, 7) is 5.12. The van der Waals surface area contributed by atoms with Crippen LogP contribution < -0.4 is 4.74 Å². The minimum Gasteiger partial charge on any atom is -0.409 e. The Bertz CT molecular complexity index is 329. The first-order valence-corrected chi connectivity index (χ1v) is 4.67. The van der Waals surface area contributed by atoms with Crippen LogP contribution in [0.1, 0.15) is 20.8 Å². The van der Waals surface area contributed by atoms with Crippen molar-refractivity contribution in [1.82, 2.24) is 5.06 Å². The summed E-state index contributed by atoms with van der Waals surface area (Å²) in [4.78, 5) is 11.4. The van der Waals surface area contributed by atoms with Crippen LogP contribution >= 0.6 is 0 Å². The number of rotatable bonds is 1. The molecule has 1 rings (SSSR count). The molecule has 4 heteroatoms. The molecule has 0 heterocycles. The van der Waals surface area contributed by atoms with Crippen LogP contribution in [0.4, 0.5) is 4.79 Å². The van der Waals surface area contributed by atoms with E-state index in [2.05, 4.69) is 0 Å². The van der Waals surface area contributed by atoms with Crippen LogP contribution in [0.5, 0.6) is 5.75 Å². The third-order valence-corrected chi connectivity index (χ3v) is 1.76. The highest BCUT2D eigenvalue weighted by Crippen LogP contribution is 2.14. The fraction of sp³-hybridized carbons (Fsp3) is 0.364. The maximum Gasteiger partial charge on any atom is 0.439 e. The Morgan fingerprint density at radius 1 is 1.27 bits per heavy atom. The van der Waals surface area contributed by atoms with Crippen molar-refractivity contribution < 1.29 is 14.7 Å². The van der Waals surface area contributed by atoms with Crippen LogP contribution in [0, 0.1) is 0 Å². The fourth-order valence-corrected chi connectivity index (χ4v) is 0.906. The second-order valence-corrected chi connectivity index (χ2v) is 4.16. The molecule has 1 aromatic carbocycles. The average molecular weight is 209 g/mol. The van der Waals surface area contributed by atoms with Crippen LogP contribution in [0.25, 0.3) is 0 Å². The van der Waals surface area contributed by atoms with Gasteiger partial charge in [0, 0.05) is 0 Å². The largest absolute Gasteiger partial charge is 0.439 e. The number of carbonyl (C=O) groups excluding carboxylic acids is 1. The molecule has 0 aliphatic carbocycles. The van der Waals surface area contributed by atoms with Gasteiger partial charge in [0.05, 0.1) is 5.54 Å². The van der Waals surface area contributed by atoms with Gasteiger partial charge in [0.2, 0.25) is 0 Å². The van der Waals surface area contributed by atoms with Crippen molar-refractivity contribution in [2.75, 3.05) is 0 Å². The highest BCUT2D eigenvalue weighted by atomic mass is 16.6. The molecule has 15 heavy (non-hydrogen) atoms. The Labute approximate surface area is 89.0 Å². The summed E-state index contributed by atoms with van der Waals surface area (Å²) in [6.07, 6.45) is -0.784. The molecule has 82 valence electrons. The highest BCUT2D eigenvalue weighted by Gasteiger charge is 2.26. The average Bonchev–Trinajstić information content (AvgIpc) is 2.16. The predicted molar refractivity (Wildman–Crippen MR) is 55.8 cm³/mol.